The van der Waals surface area contributed by atoms with Gasteiger partial charge in [-0.3, -0.25) is 4.79 Å². The van der Waals surface area contributed by atoms with Gasteiger partial charge in [0.2, 0.25) is 0 Å². The van der Waals surface area contributed by atoms with Crippen LogP contribution < -0.4 is 0 Å². The highest BCUT2D eigenvalue weighted by Gasteiger charge is 2.09. The third-order valence-electron chi connectivity index (χ3n) is 2.11. The summed E-state index contributed by atoms with van der Waals surface area (Å²) in [5.41, 5.74) is 1.63. The molecule has 0 aliphatic rings. The molecule has 74 valence electrons. The zero-order valence-corrected chi connectivity index (χ0v) is 8.20. The predicted octanol–water partition coefficient (Wildman–Crippen LogP) is 2.15. The smallest absolute Gasteiger partial charge is 0.335 e. The Bertz CT molecular complexity index is 380. The minimum atomic E-state index is -0.963. The molecule has 0 saturated heterocycles. The van der Waals surface area contributed by atoms with E-state index >= 15 is 0 Å². The van der Waals surface area contributed by atoms with Crippen LogP contribution in [-0.2, 0) is 6.42 Å². The Labute approximate surface area is 82.4 Å². The van der Waals surface area contributed by atoms with Crippen LogP contribution >= 0.6 is 0 Å². The van der Waals surface area contributed by atoms with E-state index in [1.54, 1.807) is 12.1 Å². The van der Waals surface area contributed by atoms with Crippen LogP contribution in [0.15, 0.2) is 18.2 Å². The van der Waals surface area contributed by atoms with Gasteiger partial charge in [0, 0.05) is 5.56 Å². The highest BCUT2D eigenvalue weighted by Crippen LogP contribution is 2.13. The molecular weight excluding hydrogens is 180 g/mol. The molecule has 0 heterocycles. The molecule has 3 nitrogen and oxygen atoms in total. The second-order valence-corrected chi connectivity index (χ2v) is 3.09. The third-order valence-corrected chi connectivity index (χ3v) is 2.11. The first-order valence-electron chi connectivity index (χ1n) is 4.43. The van der Waals surface area contributed by atoms with Crippen molar-refractivity contribution in [3.8, 4) is 0 Å². The summed E-state index contributed by atoms with van der Waals surface area (Å²) in [7, 11) is 0. The molecule has 0 bridgehead atoms. The summed E-state index contributed by atoms with van der Waals surface area (Å²) in [6.07, 6.45) is 0.663. The van der Waals surface area contributed by atoms with Crippen molar-refractivity contribution in [3.05, 3.63) is 34.9 Å². The molecule has 0 aliphatic heterocycles. The fourth-order valence-electron chi connectivity index (χ4n) is 1.36. The van der Waals surface area contributed by atoms with Gasteiger partial charge in [0.25, 0.3) is 0 Å². The lowest BCUT2D eigenvalue weighted by Gasteiger charge is -2.05. The zero-order valence-electron chi connectivity index (χ0n) is 8.20. The van der Waals surface area contributed by atoms with Crippen molar-refractivity contribution >= 4 is 11.8 Å². The minimum Gasteiger partial charge on any atom is -0.478 e. The lowest BCUT2D eigenvalue weighted by molar-refractivity contribution is 0.0696. The number of aromatic carboxylic acids is 1. The summed E-state index contributed by atoms with van der Waals surface area (Å²) in [6, 6.07) is 4.59. The Morgan fingerprint density at radius 3 is 2.43 bits per heavy atom. The average molecular weight is 192 g/mol. The standard InChI is InChI=1S/C11H12O3/c1-3-8-6-9(11(13)14)4-5-10(8)7(2)12/h4-6H,3H2,1-2H3,(H,13,14). The van der Waals surface area contributed by atoms with E-state index in [1.807, 2.05) is 6.92 Å². The normalized spacial score (nSPS) is 9.86. The van der Waals surface area contributed by atoms with Crippen molar-refractivity contribution in [3.63, 3.8) is 0 Å². The Morgan fingerprint density at radius 2 is 2.00 bits per heavy atom. The largest absolute Gasteiger partial charge is 0.478 e. The molecule has 0 amide bonds. The van der Waals surface area contributed by atoms with Gasteiger partial charge in [-0.25, -0.2) is 4.79 Å². The highest BCUT2D eigenvalue weighted by molar-refractivity contribution is 5.97. The van der Waals surface area contributed by atoms with Gasteiger partial charge in [0.1, 0.15) is 0 Å². The van der Waals surface area contributed by atoms with E-state index in [1.165, 1.54) is 13.0 Å². The van der Waals surface area contributed by atoms with Crippen molar-refractivity contribution in [2.45, 2.75) is 20.3 Å². The van der Waals surface area contributed by atoms with E-state index < -0.39 is 5.97 Å². The predicted molar refractivity (Wildman–Crippen MR) is 52.8 cm³/mol. The molecule has 0 spiro atoms. The molecule has 0 aromatic heterocycles. The van der Waals surface area contributed by atoms with Gasteiger partial charge < -0.3 is 5.11 Å². The molecule has 0 saturated carbocycles. The number of hydrogen-bond acceptors (Lipinski definition) is 2. The molecule has 1 rings (SSSR count). The number of aryl methyl sites for hydroxylation is 1. The van der Waals surface area contributed by atoms with Crippen molar-refractivity contribution in [2.24, 2.45) is 0 Å². The van der Waals surface area contributed by atoms with Crippen LogP contribution in [0, 0.1) is 0 Å². The zero-order chi connectivity index (χ0) is 10.7. The van der Waals surface area contributed by atoms with Gasteiger partial charge in [-0.1, -0.05) is 13.0 Å². The van der Waals surface area contributed by atoms with Crippen LogP contribution in [0.2, 0.25) is 0 Å². The van der Waals surface area contributed by atoms with Crippen molar-refractivity contribution in [2.75, 3.05) is 0 Å². The van der Waals surface area contributed by atoms with Gasteiger partial charge in [-0.15, -0.1) is 0 Å². The lowest BCUT2D eigenvalue weighted by Crippen LogP contribution is -2.03. The number of rotatable bonds is 3. The molecule has 1 aromatic rings. The van der Waals surface area contributed by atoms with Crippen molar-refractivity contribution < 1.29 is 14.7 Å². The van der Waals surface area contributed by atoms with Crippen LogP contribution in [0.25, 0.3) is 0 Å². The SMILES string of the molecule is CCc1cc(C(=O)O)ccc1C(C)=O. The lowest BCUT2D eigenvalue weighted by atomic mass is 9.99. The van der Waals surface area contributed by atoms with Gasteiger partial charge >= 0.3 is 5.97 Å². The number of carbonyl (C=O) groups excluding carboxylic acids is 1. The maximum absolute atomic E-state index is 11.2. The fraction of sp³-hybridized carbons (Fsp3) is 0.273. The Kier molecular flexibility index (Phi) is 3.02. The molecule has 0 aliphatic carbocycles. The maximum Gasteiger partial charge on any atom is 0.335 e. The van der Waals surface area contributed by atoms with E-state index in [2.05, 4.69) is 0 Å². The van der Waals surface area contributed by atoms with E-state index in [0.717, 1.165) is 5.56 Å². The van der Waals surface area contributed by atoms with Gasteiger partial charge in [0.05, 0.1) is 5.56 Å². The van der Waals surface area contributed by atoms with Crippen LogP contribution in [0.4, 0.5) is 0 Å². The molecular formula is C11H12O3. The summed E-state index contributed by atoms with van der Waals surface area (Å²) in [6.45, 7) is 3.38. The molecule has 0 atom stereocenters. The maximum atomic E-state index is 11.2. The van der Waals surface area contributed by atoms with E-state index in [4.69, 9.17) is 5.11 Å². The quantitative estimate of drug-likeness (QED) is 0.746. The topological polar surface area (TPSA) is 54.4 Å². The summed E-state index contributed by atoms with van der Waals surface area (Å²) < 4.78 is 0. The molecule has 1 N–H and O–H groups in total. The summed E-state index contributed by atoms with van der Waals surface area (Å²) >= 11 is 0. The first kappa shape index (κ1) is 10.4. The number of carboxylic acid groups (broad SMARTS) is 1. The van der Waals surface area contributed by atoms with Crippen molar-refractivity contribution in [1.29, 1.82) is 0 Å². The Morgan fingerprint density at radius 1 is 1.36 bits per heavy atom. The summed E-state index contributed by atoms with van der Waals surface area (Å²) in [5, 5.41) is 8.75. The summed E-state index contributed by atoms with van der Waals surface area (Å²) in [5.74, 6) is -0.992. The number of hydrogen-bond donors (Lipinski definition) is 1. The number of Topliss-reactive ketones (excluding diaryl/α,β-unsaturated/α-hetero) is 1. The molecule has 3 heteroatoms. The van der Waals surface area contributed by atoms with E-state index in [0.29, 0.717) is 12.0 Å². The number of benzene rings is 1. The second-order valence-electron chi connectivity index (χ2n) is 3.09. The van der Waals surface area contributed by atoms with E-state index in [-0.39, 0.29) is 11.3 Å². The summed E-state index contributed by atoms with van der Waals surface area (Å²) in [4.78, 5) is 21.8. The fourth-order valence-corrected chi connectivity index (χ4v) is 1.36. The highest BCUT2D eigenvalue weighted by atomic mass is 16.4. The Balaban J connectivity index is 3.25. The van der Waals surface area contributed by atoms with E-state index in [9.17, 15) is 9.59 Å². The van der Waals surface area contributed by atoms with Crippen LogP contribution in [0.3, 0.4) is 0 Å². The molecule has 14 heavy (non-hydrogen) atoms. The Hall–Kier alpha value is -1.64. The first-order valence-corrected chi connectivity index (χ1v) is 4.43. The average Bonchev–Trinajstić information content (AvgIpc) is 2.16. The molecule has 0 unspecified atom stereocenters. The molecule has 1 aromatic carbocycles. The van der Waals surface area contributed by atoms with Gasteiger partial charge in [-0.2, -0.15) is 0 Å². The third kappa shape index (κ3) is 1.99. The number of carboxylic acids is 1. The van der Waals surface area contributed by atoms with Crippen LogP contribution in [0.1, 0.15) is 40.1 Å². The molecule has 0 radical (unpaired) electrons. The van der Waals surface area contributed by atoms with Gasteiger partial charge in [-0.05, 0) is 31.0 Å². The minimum absolute atomic E-state index is 0.0289. The van der Waals surface area contributed by atoms with Crippen LogP contribution in [-0.4, -0.2) is 16.9 Å². The second kappa shape index (κ2) is 4.05. The van der Waals surface area contributed by atoms with Crippen LogP contribution in [0.5, 0.6) is 0 Å². The first-order chi connectivity index (χ1) is 6.56. The molecule has 0 fully saturated rings. The number of ketones is 1. The van der Waals surface area contributed by atoms with Gasteiger partial charge in [0.15, 0.2) is 5.78 Å². The monoisotopic (exact) mass is 192 g/mol. The number of carbonyl (C=O) groups is 2. The van der Waals surface area contributed by atoms with Crippen molar-refractivity contribution in [1.82, 2.24) is 0 Å².